The molecule has 7 heteroatoms. The third-order valence-corrected chi connectivity index (χ3v) is 5.85. The van der Waals surface area contributed by atoms with Crippen molar-refractivity contribution in [3.63, 3.8) is 0 Å². The molecule has 0 aliphatic heterocycles. The van der Waals surface area contributed by atoms with Gasteiger partial charge in [0.1, 0.15) is 17.1 Å². The summed E-state index contributed by atoms with van der Waals surface area (Å²) in [5.74, 6) is 0.538. The average molecular weight is 506 g/mol. The number of rotatable bonds is 12. The summed E-state index contributed by atoms with van der Waals surface area (Å²) in [5, 5.41) is 23.5. The number of nitrogens with one attached hydrogen (secondary N) is 1. The van der Waals surface area contributed by atoms with Crippen molar-refractivity contribution < 1.29 is 19.7 Å². The summed E-state index contributed by atoms with van der Waals surface area (Å²) in [6, 6.07) is 25.0. The second kappa shape index (κ2) is 13.7. The summed E-state index contributed by atoms with van der Waals surface area (Å²) in [6.45, 7) is 9.81. The lowest BCUT2D eigenvalue weighted by Crippen LogP contribution is -2.40. The number of amides is 1. The Kier molecular flexibility index (Phi) is 10.4. The van der Waals surface area contributed by atoms with Crippen molar-refractivity contribution in [2.45, 2.75) is 46.0 Å². The number of carbonyl (C=O) groups is 1. The van der Waals surface area contributed by atoms with Gasteiger partial charge >= 0.3 is 6.09 Å². The first-order valence-electron chi connectivity index (χ1n) is 12.7. The number of phenolic OH excluding ortho intramolecular Hbond substituents is 2. The molecular formula is C30H39N3O4. The van der Waals surface area contributed by atoms with Crippen LogP contribution in [0.4, 0.5) is 4.79 Å². The van der Waals surface area contributed by atoms with E-state index < -0.39 is 11.7 Å². The number of para-hydroxylation sites is 2. The van der Waals surface area contributed by atoms with Crippen LogP contribution in [0.5, 0.6) is 11.5 Å². The first kappa shape index (κ1) is 28.0. The summed E-state index contributed by atoms with van der Waals surface area (Å²) in [5.41, 5.74) is 2.34. The minimum atomic E-state index is -0.555. The van der Waals surface area contributed by atoms with Crippen LogP contribution in [0.1, 0.15) is 37.5 Å². The Morgan fingerprint density at radius 3 is 1.81 bits per heavy atom. The third kappa shape index (κ3) is 10.1. The number of phenols is 2. The van der Waals surface area contributed by atoms with E-state index in [2.05, 4.69) is 27.2 Å². The fraction of sp³-hybridized carbons (Fsp3) is 0.367. The molecule has 0 unspecified atom stereocenters. The minimum absolute atomic E-state index is 0.253. The molecule has 0 aromatic heterocycles. The van der Waals surface area contributed by atoms with E-state index in [4.69, 9.17) is 4.74 Å². The first-order chi connectivity index (χ1) is 17.7. The predicted molar refractivity (Wildman–Crippen MR) is 146 cm³/mol. The van der Waals surface area contributed by atoms with Gasteiger partial charge in [-0.2, -0.15) is 0 Å². The number of ether oxygens (including phenoxy) is 1. The molecule has 37 heavy (non-hydrogen) atoms. The fourth-order valence-electron chi connectivity index (χ4n) is 4.01. The molecule has 0 fully saturated rings. The average Bonchev–Trinajstić information content (AvgIpc) is 2.84. The molecule has 0 radical (unpaired) electrons. The van der Waals surface area contributed by atoms with E-state index in [-0.39, 0.29) is 11.5 Å². The van der Waals surface area contributed by atoms with Gasteiger partial charge in [0.2, 0.25) is 0 Å². The number of aromatic hydroxyl groups is 2. The Balaban J connectivity index is 1.69. The topological polar surface area (TPSA) is 85.3 Å². The van der Waals surface area contributed by atoms with Gasteiger partial charge in [0.15, 0.2) is 0 Å². The highest BCUT2D eigenvalue weighted by atomic mass is 16.6. The molecule has 0 bridgehead atoms. The smallest absolute Gasteiger partial charge is 0.407 e. The zero-order valence-corrected chi connectivity index (χ0v) is 22.1. The Bertz CT molecular complexity index is 1120. The molecule has 7 nitrogen and oxygen atoms in total. The molecule has 0 atom stereocenters. The highest BCUT2D eigenvalue weighted by Gasteiger charge is 2.17. The van der Waals surface area contributed by atoms with E-state index in [1.165, 1.54) is 5.56 Å². The zero-order valence-electron chi connectivity index (χ0n) is 22.1. The number of nitrogens with zero attached hydrogens (tertiary/aromatic N) is 2. The molecule has 1 amide bonds. The molecule has 198 valence electrons. The van der Waals surface area contributed by atoms with Crippen LogP contribution in [-0.4, -0.2) is 57.9 Å². The molecule has 3 N–H and O–H groups in total. The third-order valence-electron chi connectivity index (χ3n) is 5.85. The highest BCUT2D eigenvalue weighted by Crippen LogP contribution is 2.20. The number of hydrogen-bond acceptors (Lipinski definition) is 6. The van der Waals surface area contributed by atoms with Crippen molar-refractivity contribution >= 4 is 6.09 Å². The van der Waals surface area contributed by atoms with Crippen LogP contribution in [0.3, 0.4) is 0 Å². The standard InChI is InChI=1S/C30H39N3O4/c1-30(2,3)37-29(36)31-17-18-32(22-25-13-7-9-15-27(25)34)19-20-33(21-24-11-5-4-6-12-24)23-26-14-8-10-16-28(26)35/h4-16,34-35H,17-23H2,1-3H3,(H,31,36). The van der Waals surface area contributed by atoms with Gasteiger partial charge in [0, 0.05) is 56.9 Å². The van der Waals surface area contributed by atoms with E-state index >= 15 is 0 Å². The minimum Gasteiger partial charge on any atom is -0.508 e. The van der Waals surface area contributed by atoms with E-state index in [1.807, 2.05) is 69.3 Å². The lowest BCUT2D eigenvalue weighted by Gasteiger charge is -2.29. The van der Waals surface area contributed by atoms with Crippen LogP contribution >= 0.6 is 0 Å². The van der Waals surface area contributed by atoms with E-state index in [0.29, 0.717) is 32.7 Å². The molecule has 0 saturated heterocycles. The zero-order chi connectivity index (χ0) is 26.7. The van der Waals surface area contributed by atoms with Crippen molar-refractivity contribution in [1.29, 1.82) is 0 Å². The SMILES string of the molecule is CC(C)(C)OC(=O)NCCN(CCN(Cc1ccccc1)Cc1ccccc1O)Cc1ccccc1O. The number of benzene rings is 3. The van der Waals surface area contributed by atoms with Gasteiger partial charge in [-0.05, 0) is 38.5 Å². The molecule has 0 spiro atoms. The van der Waals surface area contributed by atoms with Gasteiger partial charge in [0.25, 0.3) is 0 Å². The summed E-state index contributed by atoms with van der Waals surface area (Å²) in [7, 11) is 0. The molecule has 0 heterocycles. The molecule has 3 rings (SSSR count). The van der Waals surface area contributed by atoms with Gasteiger partial charge in [-0.3, -0.25) is 9.80 Å². The predicted octanol–water partition coefficient (Wildman–Crippen LogP) is 5.13. The Labute approximate surface area is 220 Å². The van der Waals surface area contributed by atoms with Crippen molar-refractivity contribution in [1.82, 2.24) is 15.1 Å². The van der Waals surface area contributed by atoms with Crippen LogP contribution in [0.15, 0.2) is 78.9 Å². The largest absolute Gasteiger partial charge is 0.508 e. The second-order valence-electron chi connectivity index (χ2n) is 10.2. The Morgan fingerprint density at radius 2 is 1.24 bits per heavy atom. The molecule has 0 aliphatic carbocycles. The maximum atomic E-state index is 12.1. The monoisotopic (exact) mass is 505 g/mol. The number of hydrogen-bond donors (Lipinski definition) is 3. The van der Waals surface area contributed by atoms with E-state index in [0.717, 1.165) is 24.2 Å². The highest BCUT2D eigenvalue weighted by molar-refractivity contribution is 5.67. The summed E-state index contributed by atoms with van der Waals surface area (Å²) < 4.78 is 5.36. The molecule has 3 aromatic rings. The van der Waals surface area contributed by atoms with Crippen LogP contribution in [0.25, 0.3) is 0 Å². The fourth-order valence-corrected chi connectivity index (χ4v) is 4.01. The normalized spacial score (nSPS) is 11.6. The van der Waals surface area contributed by atoms with Gasteiger partial charge < -0.3 is 20.3 Å². The van der Waals surface area contributed by atoms with E-state index in [1.54, 1.807) is 18.2 Å². The summed E-state index contributed by atoms with van der Waals surface area (Å²) in [4.78, 5) is 16.6. The lowest BCUT2D eigenvalue weighted by molar-refractivity contribution is 0.0520. The van der Waals surface area contributed by atoms with Crippen molar-refractivity contribution in [2.24, 2.45) is 0 Å². The summed E-state index contributed by atoms with van der Waals surface area (Å²) in [6.07, 6.45) is -0.444. The Morgan fingerprint density at radius 1 is 0.730 bits per heavy atom. The van der Waals surface area contributed by atoms with Crippen molar-refractivity contribution in [3.05, 3.63) is 95.6 Å². The quantitative estimate of drug-likeness (QED) is 0.317. The molecule has 0 aliphatic rings. The van der Waals surface area contributed by atoms with Crippen LogP contribution in [0, 0.1) is 0 Å². The van der Waals surface area contributed by atoms with Crippen LogP contribution in [0.2, 0.25) is 0 Å². The second-order valence-corrected chi connectivity index (χ2v) is 10.2. The maximum absolute atomic E-state index is 12.1. The van der Waals surface area contributed by atoms with Crippen molar-refractivity contribution in [3.8, 4) is 11.5 Å². The lowest BCUT2D eigenvalue weighted by atomic mass is 10.1. The van der Waals surface area contributed by atoms with Gasteiger partial charge in [-0.15, -0.1) is 0 Å². The van der Waals surface area contributed by atoms with Gasteiger partial charge in [-0.25, -0.2) is 4.79 Å². The van der Waals surface area contributed by atoms with Crippen molar-refractivity contribution in [2.75, 3.05) is 26.2 Å². The van der Waals surface area contributed by atoms with E-state index in [9.17, 15) is 15.0 Å². The number of alkyl carbamates (subject to hydrolysis) is 1. The molecule has 0 saturated carbocycles. The first-order valence-corrected chi connectivity index (χ1v) is 12.7. The number of carbonyl (C=O) groups excluding carboxylic acids is 1. The van der Waals surface area contributed by atoms with Gasteiger partial charge in [-0.1, -0.05) is 66.7 Å². The Hall–Kier alpha value is -3.55. The maximum Gasteiger partial charge on any atom is 0.407 e. The summed E-state index contributed by atoms with van der Waals surface area (Å²) >= 11 is 0. The van der Waals surface area contributed by atoms with Gasteiger partial charge in [0.05, 0.1) is 0 Å². The molecule has 3 aromatic carbocycles. The molecular weight excluding hydrogens is 466 g/mol. The van der Waals surface area contributed by atoms with Crippen LogP contribution < -0.4 is 5.32 Å². The van der Waals surface area contributed by atoms with Crippen LogP contribution in [-0.2, 0) is 24.4 Å².